The minimum absolute atomic E-state index is 0.366. The van der Waals surface area contributed by atoms with Crippen molar-refractivity contribution >= 4 is 12.1 Å². The first-order chi connectivity index (χ1) is 7.63. The highest BCUT2D eigenvalue weighted by Crippen LogP contribution is 2.59. The molecule has 0 N–H and O–H groups in total. The number of pyridine rings is 1. The molecular formula is C11H10F2N2O. The lowest BCUT2D eigenvalue weighted by atomic mass is 10.3. The summed E-state index contributed by atoms with van der Waals surface area (Å²) in [5.41, 5.74) is 0.499. The van der Waals surface area contributed by atoms with Crippen molar-refractivity contribution in [3.8, 4) is 0 Å². The lowest BCUT2D eigenvalue weighted by Crippen LogP contribution is -2.27. The number of aldehydes is 1. The number of fused-ring (bicyclic) bond motifs is 1. The van der Waals surface area contributed by atoms with Gasteiger partial charge in [-0.3, -0.25) is 4.79 Å². The predicted molar refractivity (Wildman–Crippen MR) is 53.8 cm³/mol. The van der Waals surface area contributed by atoms with Gasteiger partial charge >= 0.3 is 0 Å². The molecule has 3 rings (SSSR count). The van der Waals surface area contributed by atoms with E-state index in [1.807, 2.05) is 4.90 Å². The number of nitrogens with zero attached hydrogens (tertiary/aromatic N) is 2. The molecule has 1 aliphatic carbocycles. The Labute approximate surface area is 91.1 Å². The largest absolute Gasteiger partial charge is 0.356 e. The second kappa shape index (κ2) is 2.99. The summed E-state index contributed by atoms with van der Waals surface area (Å²) in [5.74, 6) is -2.78. The summed E-state index contributed by atoms with van der Waals surface area (Å²) in [5, 5.41) is 0. The molecule has 0 bridgehead atoms. The number of halogens is 2. The van der Waals surface area contributed by atoms with Crippen molar-refractivity contribution in [2.24, 2.45) is 11.8 Å². The first-order valence-electron chi connectivity index (χ1n) is 5.17. The quantitative estimate of drug-likeness (QED) is 0.715. The van der Waals surface area contributed by atoms with Crippen LogP contribution in [0, 0.1) is 11.8 Å². The van der Waals surface area contributed by atoms with Gasteiger partial charge in [0.1, 0.15) is 5.82 Å². The number of rotatable bonds is 2. The Kier molecular flexibility index (Phi) is 1.81. The van der Waals surface area contributed by atoms with Crippen molar-refractivity contribution in [1.82, 2.24) is 4.98 Å². The standard InChI is InChI=1S/C11H10F2N2O/c12-11(13)8-4-15(5-9(8)11)10-2-1-7(6-16)3-14-10/h1-3,6,8-9H,4-5H2. The smallest absolute Gasteiger partial charge is 0.258 e. The van der Waals surface area contributed by atoms with Gasteiger partial charge in [-0.05, 0) is 12.1 Å². The van der Waals surface area contributed by atoms with Gasteiger partial charge in [0.2, 0.25) is 0 Å². The molecule has 2 heterocycles. The van der Waals surface area contributed by atoms with Gasteiger partial charge in [0.25, 0.3) is 5.92 Å². The molecule has 2 aliphatic rings. The third-order valence-corrected chi connectivity index (χ3v) is 3.43. The number of piperidine rings is 1. The van der Waals surface area contributed by atoms with Crippen molar-refractivity contribution in [1.29, 1.82) is 0 Å². The van der Waals surface area contributed by atoms with E-state index in [0.717, 1.165) is 0 Å². The molecule has 0 aromatic carbocycles. The second-order valence-corrected chi connectivity index (χ2v) is 4.36. The number of aromatic nitrogens is 1. The van der Waals surface area contributed by atoms with Crippen LogP contribution < -0.4 is 4.90 Å². The van der Waals surface area contributed by atoms with E-state index >= 15 is 0 Å². The molecule has 2 atom stereocenters. The fourth-order valence-electron chi connectivity index (χ4n) is 2.35. The van der Waals surface area contributed by atoms with Crippen LogP contribution in [-0.4, -0.2) is 30.3 Å². The number of alkyl halides is 2. The second-order valence-electron chi connectivity index (χ2n) is 4.36. The van der Waals surface area contributed by atoms with E-state index < -0.39 is 17.8 Å². The van der Waals surface area contributed by atoms with E-state index in [-0.39, 0.29) is 0 Å². The summed E-state index contributed by atoms with van der Waals surface area (Å²) in [6, 6.07) is 3.35. The Bertz CT molecular complexity index is 418. The normalized spacial score (nSPS) is 30.0. The number of anilines is 1. The van der Waals surface area contributed by atoms with E-state index in [1.54, 1.807) is 12.1 Å². The first-order valence-corrected chi connectivity index (χ1v) is 5.17. The Morgan fingerprint density at radius 3 is 2.56 bits per heavy atom. The highest BCUT2D eigenvalue weighted by atomic mass is 19.3. The van der Waals surface area contributed by atoms with Crippen LogP contribution in [-0.2, 0) is 0 Å². The van der Waals surface area contributed by atoms with E-state index in [1.165, 1.54) is 6.20 Å². The molecular weight excluding hydrogens is 214 g/mol. The summed E-state index contributed by atoms with van der Waals surface area (Å²) < 4.78 is 25.9. The predicted octanol–water partition coefficient (Wildman–Crippen LogP) is 1.60. The monoisotopic (exact) mass is 224 g/mol. The zero-order valence-electron chi connectivity index (χ0n) is 8.44. The van der Waals surface area contributed by atoms with Crippen molar-refractivity contribution < 1.29 is 13.6 Å². The Morgan fingerprint density at radius 1 is 1.38 bits per heavy atom. The van der Waals surface area contributed by atoms with Gasteiger partial charge < -0.3 is 4.90 Å². The van der Waals surface area contributed by atoms with Crippen molar-refractivity contribution in [3.05, 3.63) is 23.9 Å². The van der Waals surface area contributed by atoms with Crippen molar-refractivity contribution in [2.75, 3.05) is 18.0 Å². The summed E-state index contributed by atoms with van der Waals surface area (Å²) in [6.07, 6.45) is 2.18. The van der Waals surface area contributed by atoms with Gasteiger partial charge in [0.15, 0.2) is 6.29 Å². The van der Waals surface area contributed by atoms with Crippen LogP contribution in [0.2, 0.25) is 0 Å². The molecule has 1 aliphatic heterocycles. The molecule has 2 fully saturated rings. The molecule has 1 saturated carbocycles. The zero-order valence-corrected chi connectivity index (χ0v) is 8.44. The fourth-order valence-corrected chi connectivity index (χ4v) is 2.35. The fraction of sp³-hybridized carbons (Fsp3) is 0.455. The van der Waals surface area contributed by atoms with Crippen LogP contribution in [0.5, 0.6) is 0 Å². The zero-order chi connectivity index (χ0) is 11.3. The summed E-state index contributed by atoms with van der Waals surface area (Å²) >= 11 is 0. The molecule has 16 heavy (non-hydrogen) atoms. The number of hydrogen-bond donors (Lipinski definition) is 0. The molecule has 5 heteroatoms. The van der Waals surface area contributed by atoms with Gasteiger partial charge in [-0.15, -0.1) is 0 Å². The van der Waals surface area contributed by atoms with Gasteiger partial charge in [0, 0.05) is 24.8 Å². The van der Waals surface area contributed by atoms with Gasteiger partial charge in [-0.25, -0.2) is 13.8 Å². The highest BCUT2D eigenvalue weighted by molar-refractivity contribution is 5.74. The number of carbonyl (C=O) groups excluding carboxylic acids is 1. The number of hydrogen-bond acceptors (Lipinski definition) is 3. The summed E-state index contributed by atoms with van der Waals surface area (Å²) in [4.78, 5) is 16.4. The van der Waals surface area contributed by atoms with E-state index in [4.69, 9.17) is 0 Å². The third-order valence-electron chi connectivity index (χ3n) is 3.43. The minimum atomic E-state index is -2.46. The number of carbonyl (C=O) groups is 1. The Morgan fingerprint density at radius 2 is 2.06 bits per heavy atom. The van der Waals surface area contributed by atoms with E-state index in [2.05, 4.69) is 4.98 Å². The lowest BCUT2D eigenvalue weighted by molar-refractivity contribution is 0.0797. The van der Waals surface area contributed by atoms with Crippen LogP contribution in [0.25, 0.3) is 0 Å². The molecule has 0 radical (unpaired) electrons. The third kappa shape index (κ3) is 1.24. The van der Waals surface area contributed by atoms with Crippen molar-refractivity contribution in [2.45, 2.75) is 5.92 Å². The van der Waals surface area contributed by atoms with Crippen LogP contribution in [0.3, 0.4) is 0 Å². The average Bonchev–Trinajstić information content (AvgIpc) is 2.72. The minimum Gasteiger partial charge on any atom is -0.356 e. The van der Waals surface area contributed by atoms with Gasteiger partial charge in [-0.1, -0.05) is 0 Å². The SMILES string of the molecule is O=Cc1ccc(N2CC3C(C2)C3(F)F)nc1. The first kappa shape index (κ1) is 9.69. The van der Waals surface area contributed by atoms with Crippen molar-refractivity contribution in [3.63, 3.8) is 0 Å². The lowest BCUT2D eigenvalue weighted by Gasteiger charge is -2.20. The maximum absolute atomic E-state index is 13.0. The molecule has 84 valence electrons. The molecule has 2 unspecified atom stereocenters. The van der Waals surface area contributed by atoms with E-state index in [0.29, 0.717) is 30.8 Å². The summed E-state index contributed by atoms with van der Waals surface area (Å²) in [6.45, 7) is 0.732. The maximum atomic E-state index is 13.0. The Balaban J connectivity index is 1.74. The highest BCUT2D eigenvalue weighted by Gasteiger charge is 2.71. The molecule has 3 nitrogen and oxygen atoms in total. The van der Waals surface area contributed by atoms with E-state index in [9.17, 15) is 13.6 Å². The van der Waals surface area contributed by atoms with Crippen LogP contribution in [0.4, 0.5) is 14.6 Å². The summed E-state index contributed by atoms with van der Waals surface area (Å²) in [7, 11) is 0. The molecule has 1 aromatic rings. The molecule has 1 saturated heterocycles. The Hall–Kier alpha value is -1.52. The topological polar surface area (TPSA) is 33.2 Å². The van der Waals surface area contributed by atoms with Crippen LogP contribution in [0.15, 0.2) is 18.3 Å². The van der Waals surface area contributed by atoms with Crippen LogP contribution >= 0.6 is 0 Å². The molecule has 0 amide bonds. The average molecular weight is 224 g/mol. The molecule has 0 spiro atoms. The van der Waals surface area contributed by atoms with Gasteiger partial charge in [-0.2, -0.15) is 0 Å². The molecule has 1 aromatic heterocycles. The maximum Gasteiger partial charge on any atom is 0.258 e. The van der Waals surface area contributed by atoms with Gasteiger partial charge in [0.05, 0.1) is 11.8 Å². The van der Waals surface area contributed by atoms with Crippen LogP contribution in [0.1, 0.15) is 10.4 Å².